The monoisotopic (exact) mass is 364 g/mol. The maximum Gasteiger partial charge on any atom is 0.336 e. The van der Waals surface area contributed by atoms with E-state index in [9.17, 15) is 24.5 Å². The van der Waals surface area contributed by atoms with Crippen molar-refractivity contribution in [3.8, 4) is 0 Å². The summed E-state index contributed by atoms with van der Waals surface area (Å²) in [7, 11) is 0. The fourth-order valence-electron chi connectivity index (χ4n) is 2.68. The molecule has 1 fully saturated rings. The first-order chi connectivity index (χ1) is 12.3. The molecule has 26 heavy (non-hydrogen) atoms. The van der Waals surface area contributed by atoms with Gasteiger partial charge in [0.15, 0.2) is 0 Å². The number of rotatable bonds is 5. The van der Waals surface area contributed by atoms with Crippen molar-refractivity contribution in [2.24, 2.45) is 5.73 Å². The molecular formula is C16H20N4O6. The third kappa shape index (κ3) is 4.76. The third-order valence-electron chi connectivity index (χ3n) is 3.99. The molecule has 2 rings (SSSR count). The number of nitrogens with two attached hydrogens (primary N) is 1. The predicted molar refractivity (Wildman–Crippen MR) is 89.4 cm³/mol. The van der Waals surface area contributed by atoms with Crippen LogP contribution >= 0.6 is 0 Å². The number of amides is 2. The molecule has 2 amide bonds. The van der Waals surface area contributed by atoms with Crippen molar-refractivity contribution in [2.45, 2.75) is 38.3 Å². The first-order valence-electron chi connectivity index (χ1n) is 8.08. The van der Waals surface area contributed by atoms with Crippen molar-refractivity contribution in [3.05, 3.63) is 39.9 Å². The van der Waals surface area contributed by atoms with E-state index < -0.39 is 28.9 Å². The van der Waals surface area contributed by atoms with Gasteiger partial charge in [-0.15, -0.1) is 0 Å². The summed E-state index contributed by atoms with van der Waals surface area (Å²) in [6.07, 6.45) is 0.961. The quantitative estimate of drug-likeness (QED) is 0.554. The van der Waals surface area contributed by atoms with E-state index in [0.29, 0.717) is 24.9 Å². The van der Waals surface area contributed by atoms with E-state index in [1.807, 2.05) is 0 Å². The van der Waals surface area contributed by atoms with E-state index in [1.54, 1.807) is 6.92 Å². The summed E-state index contributed by atoms with van der Waals surface area (Å²) in [5, 5.41) is 10.6. The zero-order valence-electron chi connectivity index (χ0n) is 14.2. The number of hydrogen-bond acceptors (Lipinski definition) is 7. The number of nitrogens with zero attached hydrogens (tertiary/aromatic N) is 2. The number of carbonyl (C=O) groups is 3. The van der Waals surface area contributed by atoms with Gasteiger partial charge in [0.1, 0.15) is 6.04 Å². The summed E-state index contributed by atoms with van der Waals surface area (Å²) in [6.45, 7) is 1.97. The van der Waals surface area contributed by atoms with Crippen LogP contribution in [0.5, 0.6) is 0 Å². The number of benzene rings is 1. The van der Waals surface area contributed by atoms with Gasteiger partial charge in [0, 0.05) is 18.7 Å². The molecule has 0 saturated carbocycles. The van der Waals surface area contributed by atoms with Gasteiger partial charge in [0.05, 0.1) is 17.4 Å². The van der Waals surface area contributed by atoms with E-state index in [-0.39, 0.29) is 18.0 Å². The molecule has 0 radical (unpaired) electrons. The molecule has 140 valence electrons. The molecule has 2 unspecified atom stereocenters. The summed E-state index contributed by atoms with van der Waals surface area (Å²) in [5.41, 5.74) is 8.05. The Morgan fingerprint density at radius 1 is 1.38 bits per heavy atom. The third-order valence-corrected chi connectivity index (χ3v) is 3.99. The first kappa shape index (κ1) is 19.3. The number of nitrogens with one attached hydrogen (secondary N) is 1. The van der Waals surface area contributed by atoms with Crippen LogP contribution in [-0.4, -0.2) is 46.2 Å². The number of hydrogen-bond donors (Lipinski definition) is 2. The smallest absolute Gasteiger partial charge is 0.336 e. The van der Waals surface area contributed by atoms with E-state index in [2.05, 4.69) is 5.48 Å². The lowest BCUT2D eigenvalue weighted by Gasteiger charge is -2.25. The molecule has 1 saturated heterocycles. The second kappa shape index (κ2) is 8.39. The van der Waals surface area contributed by atoms with Gasteiger partial charge in [0.25, 0.3) is 11.6 Å². The van der Waals surface area contributed by atoms with Crippen LogP contribution < -0.4 is 11.2 Å². The number of non-ortho nitro benzene ring substituents is 1. The minimum atomic E-state index is -0.727. The lowest BCUT2D eigenvalue weighted by Crippen LogP contribution is -2.50. The van der Waals surface area contributed by atoms with Crippen molar-refractivity contribution in [3.63, 3.8) is 0 Å². The average Bonchev–Trinajstić information content (AvgIpc) is 3.09. The van der Waals surface area contributed by atoms with Crippen molar-refractivity contribution < 1.29 is 24.1 Å². The standard InChI is InChI=1S/C16H20N4O6/c1-10(17)16(23)19-8-2-3-13(19)15(22)18-26-14(21)9-11-4-6-12(7-5-11)20(24)25/h4-7,10,13H,2-3,8-9,17H2,1H3,(H,18,22). The minimum absolute atomic E-state index is 0.0875. The molecule has 10 nitrogen and oxygen atoms in total. The van der Waals surface area contributed by atoms with Crippen LogP contribution in [0.3, 0.4) is 0 Å². The van der Waals surface area contributed by atoms with Gasteiger partial charge in [-0.3, -0.25) is 19.7 Å². The van der Waals surface area contributed by atoms with Crippen LogP contribution in [0.4, 0.5) is 5.69 Å². The summed E-state index contributed by atoms with van der Waals surface area (Å²) in [6, 6.07) is 3.98. The molecular weight excluding hydrogens is 344 g/mol. The summed E-state index contributed by atoms with van der Waals surface area (Å²) >= 11 is 0. The highest BCUT2D eigenvalue weighted by Gasteiger charge is 2.35. The largest absolute Gasteiger partial charge is 0.340 e. The van der Waals surface area contributed by atoms with Crippen molar-refractivity contribution in [2.75, 3.05) is 6.54 Å². The number of hydroxylamine groups is 1. The van der Waals surface area contributed by atoms with Crippen LogP contribution in [0.25, 0.3) is 0 Å². The van der Waals surface area contributed by atoms with Crippen LogP contribution in [0.1, 0.15) is 25.3 Å². The topological polar surface area (TPSA) is 145 Å². The predicted octanol–water partition coefficient (Wildman–Crippen LogP) is 0.0499. The van der Waals surface area contributed by atoms with Crippen LogP contribution in [0.2, 0.25) is 0 Å². The number of nitro benzene ring substituents is 1. The maximum atomic E-state index is 12.2. The maximum absolute atomic E-state index is 12.2. The second-order valence-electron chi connectivity index (χ2n) is 6.02. The van der Waals surface area contributed by atoms with Gasteiger partial charge in [-0.05, 0) is 25.3 Å². The van der Waals surface area contributed by atoms with Crippen molar-refractivity contribution in [1.29, 1.82) is 0 Å². The molecule has 3 N–H and O–H groups in total. The minimum Gasteiger partial charge on any atom is -0.340 e. The van der Waals surface area contributed by atoms with Gasteiger partial charge in [0.2, 0.25) is 5.91 Å². The Hall–Kier alpha value is -3.01. The van der Waals surface area contributed by atoms with Gasteiger partial charge >= 0.3 is 5.97 Å². The molecule has 0 aromatic heterocycles. The lowest BCUT2D eigenvalue weighted by molar-refractivity contribution is -0.384. The van der Waals surface area contributed by atoms with Gasteiger partial charge in [-0.1, -0.05) is 12.1 Å². The van der Waals surface area contributed by atoms with E-state index in [0.717, 1.165) is 0 Å². The molecule has 0 spiro atoms. The highest BCUT2D eigenvalue weighted by molar-refractivity contribution is 5.90. The van der Waals surface area contributed by atoms with E-state index in [4.69, 9.17) is 10.6 Å². The first-order valence-corrected chi connectivity index (χ1v) is 8.08. The summed E-state index contributed by atoms with van der Waals surface area (Å²) in [4.78, 5) is 52.1. The van der Waals surface area contributed by atoms with Crippen molar-refractivity contribution in [1.82, 2.24) is 10.4 Å². The molecule has 2 atom stereocenters. The van der Waals surface area contributed by atoms with Crippen molar-refractivity contribution >= 4 is 23.5 Å². The summed E-state index contributed by atoms with van der Waals surface area (Å²) in [5.74, 6) is -1.65. The Labute approximate surface area is 149 Å². The summed E-state index contributed by atoms with van der Waals surface area (Å²) < 4.78 is 0. The lowest BCUT2D eigenvalue weighted by atomic mass is 10.1. The molecule has 1 heterocycles. The molecule has 1 aromatic carbocycles. The van der Waals surface area contributed by atoms with Crippen LogP contribution in [0, 0.1) is 10.1 Å². The highest BCUT2D eigenvalue weighted by Crippen LogP contribution is 2.18. The fourth-order valence-corrected chi connectivity index (χ4v) is 2.68. The van der Waals surface area contributed by atoms with Gasteiger partial charge in [-0.2, -0.15) is 5.48 Å². The fraction of sp³-hybridized carbons (Fsp3) is 0.438. The molecule has 0 bridgehead atoms. The zero-order valence-corrected chi connectivity index (χ0v) is 14.2. The Bertz CT molecular complexity index is 703. The average molecular weight is 364 g/mol. The molecule has 1 aliphatic heterocycles. The Balaban J connectivity index is 1.85. The number of likely N-dealkylation sites (tertiary alicyclic amines) is 1. The highest BCUT2D eigenvalue weighted by atomic mass is 16.7. The molecule has 1 aromatic rings. The SMILES string of the molecule is CC(N)C(=O)N1CCCC1C(=O)NOC(=O)Cc1ccc([N+](=O)[O-])cc1. The van der Waals surface area contributed by atoms with Crippen LogP contribution in [-0.2, 0) is 25.6 Å². The van der Waals surface area contributed by atoms with E-state index >= 15 is 0 Å². The number of nitro groups is 1. The number of carbonyl (C=O) groups excluding carboxylic acids is 3. The van der Waals surface area contributed by atoms with E-state index in [1.165, 1.54) is 29.2 Å². The van der Waals surface area contributed by atoms with Gasteiger partial charge in [-0.25, -0.2) is 4.79 Å². The Morgan fingerprint density at radius 3 is 2.62 bits per heavy atom. The zero-order chi connectivity index (χ0) is 19.3. The Morgan fingerprint density at radius 2 is 2.04 bits per heavy atom. The van der Waals surface area contributed by atoms with Crippen LogP contribution in [0.15, 0.2) is 24.3 Å². The second-order valence-corrected chi connectivity index (χ2v) is 6.02. The Kier molecular flexibility index (Phi) is 6.23. The van der Waals surface area contributed by atoms with Gasteiger partial charge < -0.3 is 15.5 Å². The molecule has 0 aliphatic carbocycles. The molecule has 1 aliphatic rings. The molecule has 10 heteroatoms. The normalized spacial score (nSPS) is 17.5.